The van der Waals surface area contributed by atoms with Crippen LogP contribution in [-0.4, -0.2) is 11.0 Å². The Morgan fingerprint density at radius 2 is 2.18 bits per heavy atom. The Labute approximate surface area is 104 Å². The Morgan fingerprint density at radius 3 is 2.76 bits per heavy atom. The third-order valence-corrected chi connectivity index (χ3v) is 2.64. The van der Waals surface area contributed by atoms with Crippen LogP contribution in [-0.2, 0) is 0 Å². The number of aromatic nitrogens is 1. The minimum Gasteiger partial charge on any atom is -0.367 e. The minimum absolute atomic E-state index is 0.330. The van der Waals surface area contributed by atoms with E-state index in [9.17, 15) is 0 Å². The number of nitrogens with one attached hydrogen (secondary N) is 1. The van der Waals surface area contributed by atoms with E-state index in [0.717, 1.165) is 12.8 Å². The maximum Gasteiger partial charge on any atom is 0.144 e. The summed E-state index contributed by atoms with van der Waals surface area (Å²) in [5, 5.41) is 12.3. The third kappa shape index (κ3) is 4.86. The summed E-state index contributed by atoms with van der Waals surface area (Å²) in [6.07, 6.45) is 3.93. The van der Waals surface area contributed by atoms with Gasteiger partial charge >= 0.3 is 0 Å². The molecule has 0 aromatic carbocycles. The van der Waals surface area contributed by atoms with E-state index in [4.69, 9.17) is 5.26 Å². The molecule has 3 nitrogen and oxygen atoms in total. The van der Waals surface area contributed by atoms with Crippen LogP contribution in [0.4, 0.5) is 5.82 Å². The average molecular weight is 231 g/mol. The highest BCUT2D eigenvalue weighted by Gasteiger charge is 2.13. The Balaban J connectivity index is 2.57. The van der Waals surface area contributed by atoms with Gasteiger partial charge in [0, 0.05) is 12.2 Å². The zero-order valence-corrected chi connectivity index (χ0v) is 11.1. The fourth-order valence-electron chi connectivity index (χ4n) is 1.57. The smallest absolute Gasteiger partial charge is 0.144 e. The highest BCUT2D eigenvalue weighted by atomic mass is 15.0. The van der Waals surface area contributed by atoms with E-state index in [1.165, 1.54) is 0 Å². The van der Waals surface area contributed by atoms with Gasteiger partial charge in [-0.2, -0.15) is 5.26 Å². The van der Waals surface area contributed by atoms with Gasteiger partial charge in [0.05, 0.1) is 5.56 Å². The minimum atomic E-state index is 0.330. The van der Waals surface area contributed by atoms with E-state index >= 15 is 0 Å². The van der Waals surface area contributed by atoms with Crippen molar-refractivity contribution in [2.45, 2.75) is 46.6 Å². The molecule has 17 heavy (non-hydrogen) atoms. The van der Waals surface area contributed by atoms with Crippen molar-refractivity contribution in [2.24, 2.45) is 5.41 Å². The van der Waals surface area contributed by atoms with Crippen molar-refractivity contribution in [1.29, 1.82) is 5.26 Å². The van der Waals surface area contributed by atoms with E-state index < -0.39 is 0 Å². The molecule has 1 N–H and O–H groups in total. The third-order valence-electron chi connectivity index (χ3n) is 2.64. The fourth-order valence-corrected chi connectivity index (χ4v) is 1.57. The van der Waals surface area contributed by atoms with Crippen LogP contribution in [0.15, 0.2) is 18.3 Å². The molecule has 0 saturated carbocycles. The Bertz CT molecular complexity index is 399. The molecule has 0 aliphatic rings. The quantitative estimate of drug-likeness (QED) is 0.861. The second-order valence-corrected chi connectivity index (χ2v) is 5.66. The molecule has 3 heteroatoms. The van der Waals surface area contributed by atoms with Gasteiger partial charge in [-0.05, 0) is 37.3 Å². The number of hydrogen-bond acceptors (Lipinski definition) is 3. The van der Waals surface area contributed by atoms with Crippen LogP contribution in [0, 0.1) is 16.7 Å². The zero-order valence-electron chi connectivity index (χ0n) is 11.1. The molecular weight excluding hydrogens is 210 g/mol. The molecule has 0 spiro atoms. The maximum absolute atomic E-state index is 8.96. The van der Waals surface area contributed by atoms with Gasteiger partial charge in [0.25, 0.3) is 0 Å². The first-order valence-corrected chi connectivity index (χ1v) is 6.04. The van der Waals surface area contributed by atoms with Gasteiger partial charge < -0.3 is 5.32 Å². The predicted molar refractivity (Wildman–Crippen MR) is 70.7 cm³/mol. The van der Waals surface area contributed by atoms with Crippen molar-refractivity contribution >= 4 is 5.82 Å². The summed E-state index contributed by atoms with van der Waals surface area (Å²) in [5.74, 6) is 0.691. The van der Waals surface area contributed by atoms with E-state index in [2.05, 4.69) is 44.1 Å². The Hall–Kier alpha value is -1.56. The summed E-state index contributed by atoms with van der Waals surface area (Å²) >= 11 is 0. The van der Waals surface area contributed by atoms with Crippen LogP contribution in [0.25, 0.3) is 0 Å². The molecule has 0 amide bonds. The van der Waals surface area contributed by atoms with Crippen molar-refractivity contribution in [3.05, 3.63) is 23.9 Å². The second kappa shape index (κ2) is 5.67. The molecule has 1 rings (SSSR count). The molecule has 1 unspecified atom stereocenters. The fraction of sp³-hybridized carbons (Fsp3) is 0.571. The van der Waals surface area contributed by atoms with Crippen molar-refractivity contribution < 1.29 is 0 Å². The molecule has 1 aromatic rings. The first kappa shape index (κ1) is 13.5. The largest absolute Gasteiger partial charge is 0.367 e. The number of anilines is 1. The van der Waals surface area contributed by atoms with E-state index in [1.54, 1.807) is 18.3 Å². The Kier molecular flexibility index (Phi) is 4.51. The van der Waals surface area contributed by atoms with Gasteiger partial charge in [-0.25, -0.2) is 4.98 Å². The normalized spacial score (nSPS) is 12.9. The zero-order chi connectivity index (χ0) is 12.9. The lowest BCUT2D eigenvalue weighted by atomic mass is 9.89. The topological polar surface area (TPSA) is 48.7 Å². The van der Waals surface area contributed by atoms with E-state index in [0.29, 0.717) is 22.8 Å². The van der Waals surface area contributed by atoms with Crippen molar-refractivity contribution in [3.8, 4) is 6.07 Å². The van der Waals surface area contributed by atoms with Crippen LogP contribution in [0.1, 0.15) is 46.1 Å². The number of hydrogen-bond donors (Lipinski definition) is 1. The van der Waals surface area contributed by atoms with E-state index in [1.807, 2.05) is 0 Å². The van der Waals surface area contributed by atoms with Gasteiger partial charge in [-0.15, -0.1) is 0 Å². The molecule has 1 heterocycles. The van der Waals surface area contributed by atoms with Gasteiger partial charge in [-0.1, -0.05) is 20.8 Å². The molecule has 0 radical (unpaired) electrons. The number of pyridine rings is 1. The first-order chi connectivity index (χ1) is 7.92. The molecule has 92 valence electrons. The SMILES string of the molecule is CC(CCC(C)(C)C)Nc1ncccc1C#N. The number of nitrogens with zero attached hydrogens (tertiary/aromatic N) is 2. The molecule has 0 fully saturated rings. The summed E-state index contributed by atoms with van der Waals surface area (Å²) in [6, 6.07) is 6.04. The van der Waals surface area contributed by atoms with Gasteiger partial charge in [0.15, 0.2) is 0 Å². The first-order valence-electron chi connectivity index (χ1n) is 6.04. The monoisotopic (exact) mass is 231 g/mol. The summed E-state index contributed by atoms with van der Waals surface area (Å²) in [7, 11) is 0. The highest BCUT2D eigenvalue weighted by molar-refractivity contribution is 5.51. The maximum atomic E-state index is 8.96. The summed E-state index contributed by atoms with van der Waals surface area (Å²) in [6.45, 7) is 8.84. The lowest BCUT2D eigenvalue weighted by molar-refractivity contribution is 0.356. The molecule has 0 saturated heterocycles. The van der Waals surface area contributed by atoms with Crippen LogP contribution >= 0.6 is 0 Å². The van der Waals surface area contributed by atoms with Crippen LogP contribution in [0.2, 0.25) is 0 Å². The molecule has 1 atom stereocenters. The van der Waals surface area contributed by atoms with E-state index in [-0.39, 0.29) is 0 Å². The highest BCUT2D eigenvalue weighted by Crippen LogP contribution is 2.22. The summed E-state index contributed by atoms with van der Waals surface area (Å²) in [4.78, 5) is 4.20. The second-order valence-electron chi connectivity index (χ2n) is 5.66. The molecule has 1 aromatic heterocycles. The van der Waals surface area contributed by atoms with Crippen molar-refractivity contribution in [3.63, 3.8) is 0 Å². The molecular formula is C14H21N3. The van der Waals surface area contributed by atoms with Crippen molar-refractivity contribution in [1.82, 2.24) is 4.98 Å². The lowest BCUT2D eigenvalue weighted by Crippen LogP contribution is -2.19. The summed E-state index contributed by atoms with van der Waals surface area (Å²) in [5.41, 5.74) is 0.952. The van der Waals surface area contributed by atoms with Gasteiger partial charge in [0.2, 0.25) is 0 Å². The standard InChI is InChI=1S/C14H21N3/c1-11(7-8-14(2,3)4)17-13-12(10-15)6-5-9-16-13/h5-6,9,11H,7-8H2,1-4H3,(H,16,17). The van der Waals surface area contributed by atoms with Crippen LogP contribution in [0.3, 0.4) is 0 Å². The summed E-state index contributed by atoms with van der Waals surface area (Å²) < 4.78 is 0. The number of rotatable bonds is 4. The molecule has 0 aliphatic heterocycles. The van der Waals surface area contributed by atoms with Crippen molar-refractivity contribution in [2.75, 3.05) is 5.32 Å². The van der Waals surface area contributed by atoms with Crippen LogP contribution < -0.4 is 5.32 Å². The lowest BCUT2D eigenvalue weighted by Gasteiger charge is -2.22. The number of nitriles is 1. The van der Waals surface area contributed by atoms with Gasteiger partial charge in [0.1, 0.15) is 11.9 Å². The predicted octanol–water partition coefficient (Wildman–Crippen LogP) is 3.58. The van der Waals surface area contributed by atoms with Gasteiger partial charge in [-0.3, -0.25) is 0 Å². The average Bonchev–Trinajstić information content (AvgIpc) is 2.26. The Morgan fingerprint density at radius 1 is 1.47 bits per heavy atom. The molecule has 0 aliphatic carbocycles. The van der Waals surface area contributed by atoms with Crippen LogP contribution in [0.5, 0.6) is 0 Å². The molecule has 0 bridgehead atoms.